The second-order valence-electron chi connectivity index (χ2n) is 5.78. The fourth-order valence-electron chi connectivity index (χ4n) is 3.03. The van der Waals surface area contributed by atoms with Crippen LogP contribution in [0.5, 0.6) is 5.75 Å². The van der Waals surface area contributed by atoms with Crippen molar-refractivity contribution in [2.75, 3.05) is 20.2 Å². The SMILES string of the molecule is COC(=O)C=Cc1ccc2c(c1)C(=O)CC1(CCCNC1)O2.Cl. The smallest absolute Gasteiger partial charge is 0.330 e. The third-order valence-electron chi connectivity index (χ3n) is 4.16. The average molecular weight is 338 g/mol. The lowest BCUT2D eigenvalue weighted by atomic mass is 9.84. The molecule has 1 atom stereocenters. The minimum atomic E-state index is -0.424. The predicted molar refractivity (Wildman–Crippen MR) is 89.2 cm³/mol. The van der Waals surface area contributed by atoms with Gasteiger partial charge in [0.05, 0.1) is 19.1 Å². The first kappa shape index (κ1) is 17.5. The van der Waals surface area contributed by atoms with Crippen molar-refractivity contribution in [2.24, 2.45) is 0 Å². The Balaban J connectivity index is 0.00000192. The Labute approximate surface area is 141 Å². The molecule has 1 fully saturated rings. The van der Waals surface area contributed by atoms with Gasteiger partial charge in [0.2, 0.25) is 0 Å². The molecule has 2 aliphatic rings. The molecule has 2 aliphatic heterocycles. The molecule has 1 aromatic carbocycles. The number of piperidine rings is 1. The zero-order chi connectivity index (χ0) is 15.6. The third-order valence-corrected chi connectivity index (χ3v) is 4.16. The van der Waals surface area contributed by atoms with E-state index >= 15 is 0 Å². The number of ketones is 1. The highest BCUT2D eigenvalue weighted by Crippen LogP contribution is 2.37. The second-order valence-corrected chi connectivity index (χ2v) is 5.78. The van der Waals surface area contributed by atoms with Crippen LogP contribution in [-0.2, 0) is 9.53 Å². The molecule has 5 nitrogen and oxygen atoms in total. The van der Waals surface area contributed by atoms with E-state index in [-0.39, 0.29) is 18.2 Å². The normalized spacial score (nSPS) is 23.1. The Hall–Kier alpha value is -1.85. The number of halogens is 1. The highest BCUT2D eigenvalue weighted by atomic mass is 35.5. The summed E-state index contributed by atoms with van der Waals surface area (Å²) < 4.78 is 10.7. The van der Waals surface area contributed by atoms with Gasteiger partial charge in [0.1, 0.15) is 11.4 Å². The number of rotatable bonds is 2. The van der Waals surface area contributed by atoms with Crippen LogP contribution in [0.15, 0.2) is 24.3 Å². The maximum Gasteiger partial charge on any atom is 0.330 e. The van der Waals surface area contributed by atoms with Gasteiger partial charge < -0.3 is 14.8 Å². The third kappa shape index (κ3) is 3.74. The molecule has 3 rings (SSSR count). The Bertz CT molecular complexity index is 635. The number of ether oxygens (including phenoxy) is 2. The number of benzene rings is 1. The second kappa shape index (κ2) is 7.15. The van der Waals surface area contributed by atoms with E-state index in [1.165, 1.54) is 13.2 Å². The molecular weight excluding hydrogens is 318 g/mol. The van der Waals surface area contributed by atoms with Crippen LogP contribution in [0.4, 0.5) is 0 Å². The highest BCUT2D eigenvalue weighted by Gasteiger charge is 2.41. The van der Waals surface area contributed by atoms with E-state index in [0.717, 1.165) is 24.9 Å². The van der Waals surface area contributed by atoms with Crippen molar-refractivity contribution in [3.8, 4) is 5.75 Å². The number of Topliss-reactive ketones (excluding diaryl/α,β-unsaturated/α-hetero) is 1. The van der Waals surface area contributed by atoms with Gasteiger partial charge >= 0.3 is 5.97 Å². The maximum atomic E-state index is 12.5. The van der Waals surface area contributed by atoms with Crippen LogP contribution < -0.4 is 10.1 Å². The van der Waals surface area contributed by atoms with Gasteiger partial charge in [0.25, 0.3) is 0 Å². The topological polar surface area (TPSA) is 64.6 Å². The molecule has 1 aromatic rings. The molecule has 1 saturated heterocycles. The van der Waals surface area contributed by atoms with Crippen molar-refractivity contribution < 1.29 is 19.1 Å². The molecule has 0 bridgehead atoms. The summed E-state index contributed by atoms with van der Waals surface area (Å²) in [5, 5.41) is 3.31. The summed E-state index contributed by atoms with van der Waals surface area (Å²) in [4.78, 5) is 23.6. The van der Waals surface area contributed by atoms with Gasteiger partial charge in [-0.15, -0.1) is 12.4 Å². The van der Waals surface area contributed by atoms with Crippen molar-refractivity contribution >= 4 is 30.2 Å². The molecule has 1 spiro atoms. The molecule has 0 aromatic heterocycles. The quantitative estimate of drug-likeness (QED) is 0.663. The van der Waals surface area contributed by atoms with Gasteiger partial charge in [-0.1, -0.05) is 6.07 Å². The van der Waals surface area contributed by atoms with Gasteiger partial charge in [0, 0.05) is 12.6 Å². The first-order valence-corrected chi connectivity index (χ1v) is 7.45. The van der Waals surface area contributed by atoms with Crippen LogP contribution in [0.25, 0.3) is 6.08 Å². The van der Waals surface area contributed by atoms with Gasteiger partial charge in [-0.25, -0.2) is 4.79 Å². The van der Waals surface area contributed by atoms with Crippen molar-refractivity contribution in [3.63, 3.8) is 0 Å². The summed E-state index contributed by atoms with van der Waals surface area (Å²) in [6.45, 7) is 1.69. The van der Waals surface area contributed by atoms with E-state index in [9.17, 15) is 9.59 Å². The minimum Gasteiger partial charge on any atom is -0.485 e. The van der Waals surface area contributed by atoms with Gasteiger partial charge in [-0.3, -0.25) is 4.79 Å². The zero-order valence-electron chi connectivity index (χ0n) is 13.0. The molecule has 1 N–H and O–H groups in total. The minimum absolute atomic E-state index is 0. The first-order chi connectivity index (χ1) is 10.6. The Morgan fingerprint density at radius 2 is 2.26 bits per heavy atom. The predicted octanol–water partition coefficient (Wildman–Crippen LogP) is 2.38. The lowest BCUT2D eigenvalue weighted by molar-refractivity contribution is -0.134. The lowest BCUT2D eigenvalue weighted by Gasteiger charge is -2.40. The molecule has 124 valence electrons. The van der Waals surface area contributed by atoms with Crippen LogP contribution in [0.3, 0.4) is 0 Å². The van der Waals surface area contributed by atoms with E-state index in [1.807, 2.05) is 6.07 Å². The number of hydrogen-bond acceptors (Lipinski definition) is 5. The van der Waals surface area contributed by atoms with E-state index in [4.69, 9.17) is 4.74 Å². The van der Waals surface area contributed by atoms with E-state index in [2.05, 4.69) is 10.1 Å². The summed E-state index contributed by atoms with van der Waals surface area (Å²) in [7, 11) is 1.33. The summed E-state index contributed by atoms with van der Waals surface area (Å²) in [6, 6.07) is 5.40. The Morgan fingerprint density at radius 1 is 1.43 bits per heavy atom. The molecule has 6 heteroatoms. The number of carbonyl (C=O) groups is 2. The molecule has 2 heterocycles. The fourth-order valence-corrected chi connectivity index (χ4v) is 3.03. The number of esters is 1. The van der Waals surface area contributed by atoms with Crippen LogP contribution in [0.1, 0.15) is 35.2 Å². The number of methoxy groups -OCH3 is 1. The molecule has 0 saturated carbocycles. The number of hydrogen-bond donors (Lipinski definition) is 1. The van der Waals surface area contributed by atoms with Crippen LogP contribution in [-0.4, -0.2) is 37.6 Å². The monoisotopic (exact) mass is 337 g/mol. The van der Waals surface area contributed by atoms with Crippen LogP contribution in [0.2, 0.25) is 0 Å². The Kier molecular flexibility index (Phi) is 5.44. The summed E-state index contributed by atoms with van der Waals surface area (Å²) in [5.41, 5.74) is 0.966. The van der Waals surface area contributed by atoms with E-state index in [1.54, 1.807) is 18.2 Å². The first-order valence-electron chi connectivity index (χ1n) is 7.45. The fraction of sp³-hybridized carbons (Fsp3) is 0.412. The summed E-state index contributed by atoms with van der Waals surface area (Å²) in [5.74, 6) is 0.306. The number of nitrogens with one attached hydrogen (secondary N) is 1. The molecule has 0 radical (unpaired) electrons. The zero-order valence-corrected chi connectivity index (χ0v) is 13.8. The van der Waals surface area contributed by atoms with Crippen molar-refractivity contribution in [3.05, 3.63) is 35.4 Å². The molecule has 23 heavy (non-hydrogen) atoms. The molecule has 0 amide bonds. The van der Waals surface area contributed by atoms with E-state index < -0.39 is 11.6 Å². The lowest BCUT2D eigenvalue weighted by Crippen LogP contribution is -2.53. The summed E-state index contributed by atoms with van der Waals surface area (Å²) >= 11 is 0. The summed E-state index contributed by atoms with van der Waals surface area (Å²) in [6.07, 6.45) is 5.28. The van der Waals surface area contributed by atoms with E-state index in [0.29, 0.717) is 24.3 Å². The van der Waals surface area contributed by atoms with Gasteiger partial charge in [-0.2, -0.15) is 0 Å². The van der Waals surface area contributed by atoms with Crippen molar-refractivity contribution in [1.82, 2.24) is 5.32 Å². The molecule has 0 aliphatic carbocycles. The number of fused-ring (bicyclic) bond motifs is 1. The standard InChI is InChI=1S/C17H19NO4.ClH/c1-21-16(20)6-4-12-3-5-15-13(9-12)14(19)10-17(22-15)7-2-8-18-11-17;/h3-6,9,18H,2,7-8,10-11H2,1H3;1H. The maximum absolute atomic E-state index is 12.5. The number of carbonyl (C=O) groups excluding carboxylic acids is 2. The van der Waals surface area contributed by atoms with Crippen LogP contribution in [0, 0.1) is 0 Å². The molecule has 1 unspecified atom stereocenters. The molecular formula is C17H20ClNO4. The average Bonchev–Trinajstić information content (AvgIpc) is 2.53. The van der Waals surface area contributed by atoms with Crippen molar-refractivity contribution in [2.45, 2.75) is 24.9 Å². The van der Waals surface area contributed by atoms with Crippen LogP contribution >= 0.6 is 12.4 Å². The Morgan fingerprint density at radius 3 is 2.96 bits per heavy atom. The highest BCUT2D eigenvalue weighted by molar-refractivity contribution is 6.01. The van der Waals surface area contributed by atoms with Crippen molar-refractivity contribution in [1.29, 1.82) is 0 Å². The van der Waals surface area contributed by atoms with Gasteiger partial charge in [-0.05, 0) is 43.2 Å². The van der Waals surface area contributed by atoms with Gasteiger partial charge in [0.15, 0.2) is 5.78 Å². The largest absolute Gasteiger partial charge is 0.485 e.